The molecule has 1 aliphatic rings. The van der Waals surface area contributed by atoms with Crippen LogP contribution in [0.1, 0.15) is 58.2 Å². The molecule has 0 saturated carbocycles. The van der Waals surface area contributed by atoms with Crippen molar-refractivity contribution in [2.24, 2.45) is 0 Å². The smallest absolute Gasteiger partial charge is 0.292 e. The minimum absolute atomic E-state index is 0.118. The highest BCUT2D eigenvalue weighted by Gasteiger charge is 2.29. The van der Waals surface area contributed by atoms with Gasteiger partial charge in [-0.25, -0.2) is 4.68 Å². The first-order valence-corrected chi connectivity index (χ1v) is 10.3. The molecule has 1 saturated heterocycles. The van der Waals surface area contributed by atoms with Crippen molar-refractivity contribution < 1.29 is 14.0 Å². The molecule has 1 atom stereocenters. The number of aromatic nitrogens is 2. The Bertz CT molecular complexity index is 1070. The normalized spacial score (nSPS) is 16.5. The van der Waals surface area contributed by atoms with Gasteiger partial charge in [0, 0.05) is 12.6 Å². The molecule has 1 unspecified atom stereocenters. The maximum Gasteiger partial charge on any atom is 0.292 e. The number of benzene rings is 1. The molecule has 7 heteroatoms. The van der Waals surface area contributed by atoms with Gasteiger partial charge in [0.25, 0.3) is 11.8 Å². The summed E-state index contributed by atoms with van der Waals surface area (Å²) in [6, 6.07) is 9.30. The van der Waals surface area contributed by atoms with E-state index in [0.29, 0.717) is 17.9 Å². The Labute approximate surface area is 175 Å². The van der Waals surface area contributed by atoms with E-state index in [0.717, 1.165) is 36.1 Å². The summed E-state index contributed by atoms with van der Waals surface area (Å²) in [4.78, 5) is 28.0. The molecule has 7 nitrogen and oxygen atoms in total. The average molecular weight is 406 g/mol. The number of rotatable bonds is 4. The number of nitrogens with one attached hydrogen (secondary N) is 1. The second-order valence-electron chi connectivity index (χ2n) is 7.86. The van der Waals surface area contributed by atoms with E-state index in [4.69, 9.17) is 4.42 Å². The minimum atomic E-state index is -0.425. The number of likely N-dealkylation sites (tertiary alicyclic amines) is 1. The fraction of sp³-hybridized carbons (Fsp3) is 0.348. The van der Waals surface area contributed by atoms with Gasteiger partial charge >= 0.3 is 0 Å². The molecule has 0 bridgehead atoms. The Morgan fingerprint density at radius 1 is 1.17 bits per heavy atom. The number of carbonyl (C=O) groups excluding carboxylic acids is 2. The standard InChI is InChI=1S/C23H26N4O3/c1-15-9-10-18(13-16(15)2)27-21(25-22(28)20-8-6-12-30-20)19(14-24-27)23(29)26-11-5-4-7-17(26)3/h6,8-10,12-14,17H,4-5,7,11H2,1-3H3,(H,25,28). The first-order valence-electron chi connectivity index (χ1n) is 10.3. The quantitative estimate of drug-likeness (QED) is 0.699. The van der Waals surface area contributed by atoms with E-state index in [2.05, 4.69) is 17.3 Å². The lowest BCUT2D eigenvalue weighted by Gasteiger charge is -2.33. The summed E-state index contributed by atoms with van der Waals surface area (Å²) in [6.45, 7) is 6.83. The van der Waals surface area contributed by atoms with Gasteiger partial charge in [0.05, 0.1) is 18.1 Å². The van der Waals surface area contributed by atoms with E-state index in [-0.39, 0.29) is 17.7 Å². The SMILES string of the molecule is Cc1ccc(-n2ncc(C(=O)N3CCCCC3C)c2NC(=O)c2ccco2)cc1C. The first-order chi connectivity index (χ1) is 14.5. The van der Waals surface area contributed by atoms with Crippen LogP contribution in [-0.4, -0.2) is 39.1 Å². The Kier molecular flexibility index (Phi) is 5.44. The molecule has 0 spiro atoms. The number of amides is 2. The van der Waals surface area contributed by atoms with Gasteiger partial charge < -0.3 is 14.6 Å². The van der Waals surface area contributed by atoms with Crippen molar-refractivity contribution in [2.45, 2.75) is 46.1 Å². The van der Waals surface area contributed by atoms with Gasteiger partial charge in [-0.3, -0.25) is 9.59 Å². The van der Waals surface area contributed by atoms with Crippen molar-refractivity contribution >= 4 is 17.6 Å². The topological polar surface area (TPSA) is 80.4 Å². The summed E-state index contributed by atoms with van der Waals surface area (Å²) < 4.78 is 6.83. The summed E-state index contributed by atoms with van der Waals surface area (Å²) in [7, 11) is 0. The molecule has 0 aliphatic carbocycles. The van der Waals surface area contributed by atoms with Crippen LogP contribution in [0.5, 0.6) is 0 Å². The van der Waals surface area contributed by atoms with Gasteiger partial charge in [-0.2, -0.15) is 5.10 Å². The maximum absolute atomic E-state index is 13.4. The molecule has 1 aromatic carbocycles. The second kappa shape index (κ2) is 8.18. The molecule has 4 rings (SSSR count). The number of hydrogen-bond donors (Lipinski definition) is 1. The molecule has 156 valence electrons. The second-order valence-corrected chi connectivity index (χ2v) is 7.86. The van der Waals surface area contributed by atoms with Gasteiger partial charge in [0.1, 0.15) is 11.4 Å². The van der Waals surface area contributed by atoms with E-state index < -0.39 is 5.91 Å². The molecule has 2 amide bonds. The van der Waals surface area contributed by atoms with E-state index in [1.807, 2.05) is 36.9 Å². The van der Waals surface area contributed by atoms with Gasteiger partial charge in [-0.15, -0.1) is 0 Å². The Balaban J connectivity index is 1.75. The summed E-state index contributed by atoms with van der Waals surface area (Å²) in [5.41, 5.74) is 3.41. The molecular formula is C23H26N4O3. The van der Waals surface area contributed by atoms with Crippen LogP contribution in [-0.2, 0) is 0 Å². The number of hydrogen-bond acceptors (Lipinski definition) is 4. The van der Waals surface area contributed by atoms with Crippen LogP contribution in [0, 0.1) is 13.8 Å². The predicted molar refractivity (Wildman–Crippen MR) is 114 cm³/mol. The molecule has 3 heterocycles. The third-order valence-electron chi connectivity index (χ3n) is 5.78. The number of carbonyl (C=O) groups is 2. The van der Waals surface area contributed by atoms with Crippen molar-refractivity contribution in [3.05, 3.63) is 65.2 Å². The molecule has 1 aliphatic heterocycles. The van der Waals surface area contributed by atoms with E-state index in [9.17, 15) is 9.59 Å². The van der Waals surface area contributed by atoms with Gasteiger partial charge in [-0.05, 0) is 75.4 Å². The summed E-state index contributed by atoms with van der Waals surface area (Å²) in [5.74, 6) is -0.0200. The maximum atomic E-state index is 13.4. The Morgan fingerprint density at radius 2 is 2.00 bits per heavy atom. The zero-order valence-electron chi connectivity index (χ0n) is 17.5. The Hall–Kier alpha value is -3.35. The average Bonchev–Trinajstić information content (AvgIpc) is 3.40. The molecule has 0 radical (unpaired) electrons. The zero-order chi connectivity index (χ0) is 21.3. The van der Waals surface area contributed by atoms with Crippen molar-refractivity contribution in [3.63, 3.8) is 0 Å². The highest BCUT2D eigenvalue weighted by atomic mass is 16.3. The number of furan rings is 1. The van der Waals surface area contributed by atoms with E-state index in [1.165, 1.54) is 12.5 Å². The fourth-order valence-electron chi connectivity index (χ4n) is 3.81. The van der Waals surface area contributed by atoms with Crippen LogP contribution in [0.15, 0.2) is 47.2 Å². The van der Waals surface area contributed by atoms with Crippen molar-refractivity contribution in [2.75, 3.05) is 11.9 Å². The highest BCUT2D eigenvalue weighted by molar-refractivity contribution is 6.07. The molecule has 30 heavy (non-hydrogen) atoms. The van der Waals surface area contributed by atoms with E-state index in [1.54, 1.807) is 16.8 Å². The fourth-order valence-corrected chi connectivity index (χ4v) is 3.81. The van der Waals surface area contributed by atoms with Crippen molar-refractivity contribution in [3.8, 4) is 5.69 Å². The summed E-state index contributed by atoms with van der Waals surface area (Å²) in [5, 5.41) is 7.31. The first kappa shape index (κ1) is 19.9. The number of piperidine rings is 1. The van der Waals surface area contributed by atoms with Crippen LogP contribution in [0.25, 0.3) is 5.69 Å². The third kappa shape index (κ3) is 3.75. The zero-order valence-corrected chi connectivity index (χ0v) is 17.5. The lowest BCUT2D eigenvalue weighted by molar-refractivity contribution is 0.0636. The summed E-state index contributed by atoms with van der Waals surface area (Å²) in [6.07, 6.45) is 6.06. The summed E-state index contributed by atoms with van der Waals surface area (Å²) >= 11 is 0. The molecular weight excluding hydrogens is 380 g/mol. The number of anilines is 1. The van der Waals surface area contributed by atoms with Gasteiger partial charge in [0.2, 0.25) is 0 Å². The lowest BCUT2D eigenvalue weighted by Crippen LogP contribution is -2.42. The molecule has 3 aromatic rings. The van der Waals surface area contributed by atoms with Crippen LogP contribution >= 0.6 is 0 Å². The van der Waals surface area contributed by atoms with E-state index >= 15 is 0 Å². The largest absolute Gasteiger partial charge is 0.459 e. The van der Waals surface area contributed by atoms with Crippen molar-refractivity contribution in [1.29, 1.82) is 0 Å². The number of nitrogens with zero attached hydrogens (tertiary/aromatic N) is 3. The molecule has 1 N–H and O–H groups in total. The highest BCUT2D eigenvalue weighted by Crippen LogP contribution is 2.27. The van der Waals surface area contributed by atoms with Crippen LogP contribution < -0.4 is 5.32 Å². The molecule has 1 fully saturated rings. The van der Waals surface area contributed by atoms with Crippen molar-refractivity contribution in [1.82, 2.24) is 14.7 Å². The minimum Gasteiger partial charge on any atom is -0.459 e. The molecule has 2 aromatic heterocycles. The predicted octanol–water partition coefficient (Wildman–Crippen LogP) is 4.35. The third-order valence-corrected chi connectivity index (χ3v) is 5.78. The lowest BCUT2D eigenvalue weighted by atomic mass is 10.0. The van der Waals surface area contributed by atoms with Gasteiger partial charge in [0.15, 0.2) is 5.76 Å². The van der Waals surface area contributed by atoms with Crippen LogP contribution in [0.3, 0.4) is 0 Å². The van der Waals surface area contributed by atoms with Gasteiger partial charge in [-0.1, -0.05) is 6.07 Å². The van der Waals surface area contributed by atoms with Crippen LogP contribution in [0.4, 0.5) is 5.82 Å². The number of aryl methyl sites for hydroxylation is 2. The Morgan fingerprint density at radius 3 is 2.70 bits per heavy atom. The van der Waals surface area contributed by atoms with Crippen LogP contribution in [0.2, 0.25) is 0 Å². The monoisotopic (exact) mass is 406 g/mol.